The summed E-state index contributed by atoms with van der Waals surface area (Å²) >= 11 is 0. The minimum absolute atomic E-state index is 0.0406. The first-order valence-electron chi connectivity index (χ1n) is 11.1. The fraction of sp³-hybridized carbons (Fsp3) is 0.360. The van der Waals surface area contributed by atoms with Gasteiger partial charge in [0.2, 0.25) is 0 Å². The second-order valence-electron chi connectivity index (χ2n) is 8.71. The van der Waals surface area contributed by atoms with Crippen LogP contribution in [0.1, 0.15) is 30.6 Å². The van der Waals surface area contributed by atoms with Crippen molar-refractivity contribution in [2.75, 3.05) is 13.1 Å². The highest BCUT2D eigenvalue weighted by Crippen LogP contribution is 2.30. The summed E-state index contributed by atoms with van der Waals surface area (Å²) in [4.78, 5) is 19.9. The summed E-state index contributed by atoms with van der Waals surface area (Å²) < 4.78 is 4.40. The molecule has 1 saturated heterocycles. The van der Waals surface area contributed by atoms with E-state index in [0.29, 0.717) is 18.0 Å². The topological polar surface area (TPSA) is 69.1 Å². The molecule has 2 aromatic heterocycles. The van der Waals surface area contributed by atoms with Gasteiger partial charge < -0.3 is 19.8 Å². The molecule has 1 amide bonds. The van der Waals surface area contributed by atoms with Crippen molar-refractivity contribution in [3.63, 3.8) is 0 Å². The highest BCUT2D eigenvalue weighted by atomic mass is 16.2. The Morgan fingerprint density at radius 1 is 1.16 bits per heavy atom. The van der Waals surface area contributed by atoms with Crippen LogP contribution in [0.25, 0.3) is 33.5 Å². The number of nitrogens with zero attached hydrogens (tertiary/aromatic N) is 4. The average molecular weight is 416 g/mol. The molecule has 0 spiro atoms. The minimum atomic E-state index is 0.0406. The number of piperidine rings is 1. The van der Waals surface area contributed by atoms with E-state index in [1.54, 1.807) is 0 Å². The van der Waals surface area contributed by atoms with Gasteiger partial charge in [0.25, 0.3) is 5.91 Å². The van der Waals surface area contributed by atoms with Crippen LogP contribution in [0, 0.1) is 5.92 Å². The molecular formula is C25H29N5O. The van der Waals surface area contributed by atoms with Gasteiger partial charge in [-0.15, -0.1) is 0 Å². The number of likely N-dealkylation sites (tertiary alicyclic amines) is 1. The van der Waals surface area contributed by atoms with E-state index in [4.69, 9.17) is 10.7 Å². The summed E-state index contributed by atoms with van der Waals surface area (Å²) in [5.41, 5.74) is 11.0. The molecule has 2 atom stereocenters. The first kappa shape index (κ1) is 19.8. The Kier molecular flexibility index (Phi) is 4.82. The maximum atomic E-state index is 13.1. The summed E-state index contributed by atoms with van der Waals surface area (Å²) in [6.07, 6.45) is 0.949. The lowest BCUT2D eigenvalue weighted by Gasteiger charge is -2.35. The minimum Gasteiger partial charge on any atom is -0.338 e. The number of imidazole rings is 1. The highest BCUT2D eigenvalue weighted by Gasteiger charge is 2.27. The molecule has 6 nitrogen and oxygen atoms in total. The van der Waals surface area contributed by atoms with E-state index >= 15 is 0 Å². The lowest BCUT2D eigenvalue weighted by Crippen LogP contribution is -2.49. The molecule has 2 N–H and O–H groups in total. The standard InChI is InChI=1S/C25H29N5O/c1-4-30-21-8-6-5-7-17(21)14-23(30)24-27-20-13-18(9-10-22(20)28(24)3)25(31)29-12-11-16(2)19(26)15-29/h5-10,13-14,16,19H,4,11-12,15,26H2,1-3H3/t16-,19?/m0/s1. The summed E-state index contributed by atoms with van der Waals surface area (Å²) in [6.45, 7) is 6.55. The zero-order chi connectivity index (χ0) is 21.7. The van der Waals surface area contributed by atoms with Crippen LogP contribution in [0.4, 0.5) is 0 Å². The van der Waals surface area contributed by atoms with Crippen LogP contribution >= 0.6 is 0 Å². The van der Waals surface area contributed by atoms with Crippen molar-refractivity contribution in [1.29, 1.82) is 0 Å². The Bertz CT molecular complexity index is 1280. The van der Waals surface area contributed by atoms with Crippen LogP contribution in [0.3, 0.4) is 0 Å². The summed E-state index contributed by atoms with van der Waals surface area (Å²) in [5, 5.41) is 1.21. The van der Waals surface area contributed by atoms with Crippen LogP contribution in [0.2, 0.25) is 0 Å². The number of fused-ring (bicyclic) bond motifs is 2. The Hall–Kier alpha value is -3.12. The molecule has 0 bridgehead atoms. The fourth-order valence-electron chi connectivity index (χ4n) is 4.76. The predicted octanol–water partition coefficient (Wildman–Crippen LogP) is 4.02. The van der Waals surface area contributed by atoms with Gasteiger partial charge in [-0.25, -0.2) is 4.98 Å². The molecule has 2 aromatic carbocycles. The smallest absolute Gasteiger partial charge is 0.253 e. The van der Waals surface area contributed by atoms with Crippen molar-refractivity contribution in [3.05, 3.63) is 54.1 Å². The number of amides is 1. The van der Waals surface area contributed by atoms with Crippen LogP contribution in [0.5, 0.6) is 0 Å². The first-order chi connectivity index (χ1) is 15.0. The molecule has 3 heterocycles. The van der Waals surface area contributed by atoms with E-state index in [9.17, 15) is 4.79 Å². The van der Waals surface area contributed by atoms with E-state index < -0.39 is 0 Å². The van der Waals surface area contributed by atoms with E-state index in [1.807, 2.05) is 30.1 Å². The average Bonchev–Trinajstić information content (AvgIpc) is 3.32. The van der Waals surface area contributed by atoms with Gasteiger partial charge in [-0.3, -0.25) is 4.79 Å². The number of para-hydroxylation sites is 1. The van der Waals surface area contributed by atoms with Crippen molar-refractivity contribution < 1.29 is 4.79 Å². The number of hydrogen-bond donors (Lipinski definition) is 1. The summed E-state index contributed by atoms with van der Waals surface area (Å²) in [7, 11) is 2.04. The number of benzene rings is 2. The van der Waals surface area contributed by atoms with Crippen LogP contribution in [-0.2, 0) is 13.6 Å². The Balaban J connectivity index is 1.54. The van der Waals surface area contributed by atoms with Crippen molar-refractivity contribution in [2.45, 2.75) is 32.9 Å². The fourth-order valence-corrected chi connectivity index (χ4v) is 4.76. The third-order valence-corrected chi connectivity index (χ3v) is 6.79. The Labute approximate surface area is 182 Å². The number of aromatic nitrogens is 3. The number of carbonyl (C=O) groups excluding carboxylic acids is 1. The molecule has 1 aliphatic heterocycles. The second kappa shape index (κ2) is 7.54. The largest absolute Gasteiger partial charge is 0.338 e. The number of rotatable bonds is 3. The van der Waals surface area contributed by atoms with Gasteiger partial charge in [0.1, 0.15) is 0 Å². The van der Waals surface area contributed by atoms with E-state index in [2.05, 4.69) is 53.3 Å². The molecule has 1 aliphatic rings. The van der Waals surface area contributed by atoms with Gasteiger partial charge in [-0.05, 0) is 49.6 Å². The van der Waals surface area contributed by atoms with Crippen molar-refractivity contribution >= 4 is 27.8 Å². The van der Waals surface area contributed by atoms with Crippen molar-refractivity contribution in [2.24, 2.45) is 18.7 Å². The molecule has 0 saturated carbocycles. The Morgan fingerprint density at radius 2 is 1.97 bits per heavy atom. The molecule has 31 heavy (non-hydrogen) atoms. The molecule has 4 aromatic rings. The Morgan fingerprint density at radius 3 is 2.74 bits per heavy atom. The molecule has 160 valence electrons. The maximum Gasteiger partial charge on any atom is 0.253 e. The van der Waals surface area contributed by atoms with Crippen molar-refractivity contribution in [1.82, 2.24) is 19.0 Å². The number of nitrogens with two attached hydrogens (primary N) is 1. The number of aryl methyl sites for hydroxylation is 2. The van der Waals surface area contributed by atoms with Crippen molar-refractivity contribution in [3.8, 4) is 11.5 Å². The first-order valence-corrected chi connectivity index (χ1v) is 11.1. The van der Waals surface area contributed by atoms with Crippen LogP contribution < -0.4 is 5.73 Å². The summed E-state index contributed by atoms with van der Waals surface area (Å²) in [5.74, 6) is 1.40. The van der Waals surface area contributed by atoms with Gasteiger partial charge >= 0.3 is 0 Å². The highest BCUT2D eigenvalue weighted by molar-refractivity contribution is 5.98. The SMILES string of the molecule is CCn1c(-c2nc3cc(C(=O)N4CC[C@H](C)C(N)C4)ccc3n2C)cc2ccccc21. The molecular weight excluding hydrogens is 386 g/mol. The monoisotopic (exact) mass is 415 g/mol. The van der Waals surface area contributed by atoms with E-state index in [1.165, 1.54) is 10.9 Å². The van der Waals surface area contributed by atoms with Gasteiger partial charge in [-0.2, -0.15) is 0 Å². The van der Waals surface area contributed by atoms with E-state index in [0.717, 1.165) is 42.1 Å². The molecule has 5 rings (SSSR count). The predicted molar refractivity (Wildman–Crippen MR) is 125 cm³/mol. The van der Waals surface area contributed by atoms with Gasteiger partial charge in [-0.1, -0.05) is 25.1 Å². The zero-order valence-corrected chi connectivity index (χ0v) is 18.4. The van der Waals surface area contributed by atoms with Crippen LogP contribution in [-0.4, -0.2) is 44.1 Å². The summed E-state index contributed by atoms with van der Waals surface area (Å²) in [6, 6.07) is 16.5. The van der Waals surface area contributed by atoms with Gasteiger partial charge in [0.05, 0.1) is 16.7 Å². The lowest BCUT2D eigenvalue weighted by molar-refractivity contribution is 0.0672. The maximum absolute atomic E-state index is 13.1. The third kappa shape index (κ3) is 3.22. The normalized spacial score (nSPS) is 19.4. The third-order valence-electron chi connectivity index (χ3n) is 6.79. The zero-order valence-electron chi connectivity index (χ0n) is 18.4. The molecule has 1 fully saturated rings. The molecule has 1 unspecified atom stereocenters. The second-order valence-corrected chi connectivity index (χ2v) is 8.71. The molecule has 6 heteroatoms. The van der Waals surface area contributed by atoms with Gasteiger partial charge in [0.15, 0.2) is 5.82 Å². The van der Waals surface area contributed by atoms with E-state index in [-0.39, 0.29) is 11.9 Å². The quantitative estimate of drug-likeness (QED) is 0.549. The molecule has 0 radical (unpaired) electrons. The number of hydrogen-bond acceptors (Lipinski definition) is 3. The van der Waals surface area contributed by atoms with Crippen LogP contribution in [0.15, 0.2) is 48.5 Å². The molecule has 0 aliphatic carbocycles. The lowest BCUT2D eigenvalue weighted by atomic mass is 9.94. The number of carbonyl (C=O) groups is 1. The van der Waals surface area contributed by atoms with Gasteiger partial charge in [0, 0.05) is 49.2 Å².